The molecule has 3 N–H and O–H groups in total. The molecule has 1 amide bonds. The van der Waals surface area contributed by atoms with Crippen molar-refractivity contribution in [3.8, 4) is 5.75 Å². The lowest BCUT2D eigenvalue weighted by atomic mass is 10.2. The van der Waals surface area contributed by atoms with Gasteiger partial charge in [0.25, 0.3) is 5.91 Å². The molecule has 2 rings (SSSR count). The average Bonchev–Trinajstić information content (AvgIpc) is 2.70. The Morgan fingerprint density at radius 1 is 1.50 bits per heavy atom. The van der Waals surface area contributed by atoms with Crippen molar-refractivity contribution in [3.05, 3.63) is 36.0 Å². The Bertz CT molecular complexity index is 608. The van der Waals surface area contributed by atoms with Crippen LogP contribution in [0.5, 0.6) is 5.75 Å². The second-order valence-corrected chi connectivity index (χ2v) is 3.93. The molecule has 0 radical (unpaired) electrons. The van der Waals surface area contributed by atoms with E-state index in [0.29, 0.717) is 11.5 Å². The second kappa shape index (κ2) is 5.55. The molecule has 1 heterocycles. The van der Waals surface area contributed by atoms with Crippen molar-refractivity contribution < 1.29 is 18.3 Å². The van der Waals surface area contributed by atoms with Crippen LogP contribution in [0.3, 0.4) is 0 Å². The Labute approximate surface area is 113 Å². The maximum Gasteiger partial charge on any atom is 0.387 e. The zero-order valence-electron chi connectivity index (χ0n) is 10.5. The quantitative estimate of drug-likeness (QED) is 0.896. The van der Waals surface area contributed by atoms with E-state index in [1.165, 1.54) is 35.1 Å². The Kier molecular flexibility index (Phi) is 3.83. The van der Waals surface area contributed by atoms with E-state index < -0.39 is 12.5 Å². The number of hydrogen-bond acceptors (Lipinski definition) is 4. The summed E-state index contributed by atoms with van der Waals surface area (Å²) in [7, 11) is 1.61. The Morgan fingerprint density at radius 2 is 2.25 bits per heavy atom. The molecule has 1 aromatic carbocycles. The van der Waals surface area contributed by atoms with Crippen molar-refractivity contribution in [1.82, 2.24) is 9.78 Å². The summed E-state index contributed by atoms with van der Waals surface area (Å²) in [4.78, 5) is 12.0. The number of carbonyl (C=O) groups excluding carboxylic acids is 1. The molecule has 0 aliphatic carbocycles. The zero-order chi connectivity index (χ0) is 14.7. The van der Waals surface area contributed by atoms with Crippen LogP contribution in [0.1, 0.15) is 10.4 Å². The van der Waals surface area contributed by atoms with Crippen molar-refractivity contribution >= 4 is 17.4 Å². The third kappa shape index (κ3) is 3.02. The van der Waals surface area contributed by atoms with Gasteiger partial charge < -0.3 is 15.8 Å². The molecule has 106 valence electrons. The van der Waals surface area contributed by atoms with Gasteiger partial charge >= 0.3 is 6.61 Å². The fraction of sp³-hybridized carbons (Fsp3) is 0.167. The summed E-state index contributed by atoms with van der Waals surface area (Å²) in [5.41, 5.74) is 6.12. The van der Waals surface area contributed by atoms with Gasteiger partial charge in [0.1, 0.15) is 5.75 Å². The van der Waals surface area contributed by atoms with E-state index in [0.717, 1.165) is 0 Å². The van der Waals surface area contributed by atoms with Gasteiger partial charge in [-0.3, -0.25) is 9.48 Å². The molecule has 0 saturated heterocycles. The monoisotopic (exact) mass is 282 g/mol. The molecule has 20 heavy (non-hydrogen) atoms. The largest absolute Gasteiger partial charge is 0.435 e. The number of amides is 1. The molecule has 0 saturated carbocycles. The van der Waals surface area contributed by atoms with Gasteiger partial charge in [-0.2, -0.15) is 13.9 Å². The first-order chi connectivity index (χ1) is 9.47. The van der Waals surface area contributed by atoms with Gasteiger partial charge in [-0.1, -0.05) is 6.07 Å². The predicted molar refractivity (Wildman–Crippen MR) is 68.6 cm³/mol. The minimum absolute atomic E-state index is 0.0920. The third-order valence-electron chi connectivity index (χ3n) is 2.52. The molecular weight excluding hydrogens is 270 g/mol. The molecular formula is C12H12F2N4O2. The van der Waals surface area contributed by atoms with Gasteiger partial charge in [0, 0.05) is 12.6 Å². The first-order valence-corrected chi connectivity index (χ1v) is 5.61. The predicted octanol–water partition coefficient (Wildman–Crippen LogP) is 1.86. The van der Waals surface area contributed by atoms with Crippen LogP contribution < -0.4 is 15.8 Å². The number of aromatic nitrogens is 2. The van der Waals surface area contributed by atoms with Crippen LogP contribution in [0.25, 0.3) is 0 Å². The summed E-state index contributed by atoms with van der Waals surface area (Å²) in [6.07, 6.45) is 1.39. The number of nitrogens with one attached hydrogen (secondary N) is 1. The molecule has 0 spiro atoms. The number of nitrogens with zero attached hydrogens (tertiary/aromatic N) is 2. The molecule has 6 nitrogen and oxygen atoms in total. The van der Waals surface area contributed by atoms with E-state index in [1.807, 2.05) is 0 Å². The fourth-order valence-corrected chi connectivity index (χ4v) is 1.60. The molecule has 0 atom stereocenters. The third-order valence-corrected chi connectivity index (χ3v) is 2.52. The zero-order valence-corrected chi connectivity index (χ0v) is 10.5. The first-order valence-electron chi connectivity index (χ1n) is 5.61. The lowest BCUT2D eigenvalue weighted by Gasteiger charge is -2.08. The van der Waals surface area contributed by atoms with E-state index in [4.69, 9.17) is 5.73 Å². The van der Waals surface area contributed by atoms with Crippen molar-refractivity contribution in [1.29, 1.82) is 0 Å². The highest BCUT2D eigenvalue weighted by Gasteiger charge is 2.13. The summed E-state index contributed by atoms with van der Waals surface area (Å²) in [6, 6.07) is 5.47. The molecule has 8 heteroatoms. The summed E-state index contributed by atoms with van der Waals surface area (Å²) in [5.74, 6) is -0.263. The first kappa shape index (κ1) is 13.8. The highest BCUT2D eigenvalue weighted by Crippen LogP contribution is 2.19. The summed E-state index contributed by atoms with van der Waals surface area (Å²) in [5, 5.41) is 6.42. The van der Waals surface area contributed by atoms with Gasteiger partial charge in [-0.25, -0.2) is 0 Å². The topological polar surface area (TPSA) is 82.2 Å². The average molecular weight is 282 g/mol. The number of nitrogens with two attached hydrogens (primary N) is 1. The molecule has 0 fully saturated rings. The van der Waals surface area contributed by atoms with Gasteiger partial charge in [-0.15, -0.1) is 0 Å². The standard InChI is InChI=1S/C12H12F2N4O2/c1-18-10(9(15)6-16-18)17-11(19)7-3-2-4-8(5-7)20-12(13)14/h2-6,12H,15H2,1H3,(H,17,19). The minimum Gasteiger partial charge on any atom is -0.435 e. The van der Waals surface area contributed by atoms with Crippen LogP contribution in [0.2, 0.25) is 0 Å². The van der Waals surface area contributed by atoms with E-state index in [1.54, 1.807) is 7.05 Å². The summed E-state index contributed by atoms with van der Waals surface area (Å²) < 4.78 is 29.9. The van der Waals surface area contributed by atoms with Crippen molar-refractivity contribution in [2.75, 3.05) is 11.1 Å². The number of hydrogen-bond donors (Lipinski definition) is 2. The van der Waals surface area contributed by atoms with E-state index in [9.17, 15) is 13.6 Å². The maximum atomic E-state index is 12.1. The molecule has 0 aliphatic rings. The van der Waals surface area contributed by atoms with Gasteiger partial charge in [-0.05, 0) is 18.2 Å². The maximum absolute atomic E-state index is 12.1. The smallest absolute Gasteiger partial charge is 0.387 e. The minimum atomic E-state index is -2.94. The molecule has 0 bridgehead atoms. The molecule has 0 aliphatic heterocycles. The van der Waals surface area contributed by atoms with Crippen LogP contribution in [-0.4, -0.2) is 22.3 Å². The van der Waals surface area contributed by atoms with Gasteiger partial charge in [0.2, 0.25) is 0 Å². The van der Waals surface area contributed by atoms with Crippen LogP contribution in [-0.2, 0) is 7.05 Å². The number of rotatable bonds is 4. The Hall–Kier alpha value is -2.64. The van der Waals surface area contributed by atoms with Crippen molar-refractivity contribution in [2.45, 2.75) is 6.61 Å². The summed E-state index contributed by atoms with van der Waals surface area (Å²) in [6.45, 7) is -2.94. The van der Waals surface area contributed by atoms with Crippen LogP contribution >= 0.6 is 0 Å². The molecule has 1 aromatic heterocycles. The van der Waals surface area contributed by atoms with E-state index in [2.05, 4.69) is 15.2 Å². The van der Waals surface area contributed by atoms with Gasteiger partial charge in [0.05, 0.1) is 11.9 Å². The van der Waals surface area contributed by atoms with Crippen molar-refractivity contribution in [2.24, 2.45) is 7.05 Å². The number of benzene rings is 1. The highest BCUT2D eigenvalue weighted by atomic mass is 19.3. The van der Waals surface area contributed by atoms with E-state index in [-0.39, 0.29) is 11.3 Å². The second-order valence-electron chi connectivity index (χ2n) is 3.93. The van der Waals surface area contributed by atoms with Crippen LogP contribution in [0.4, 0.5) is 20.3 Å². The number of nitrogen functional groups attached to an aromatic ring is 1. The summed E-state index contributed by atoms with van der Waals surface area (Å²) >= 11 is 0. The fourth-order valence-electron chi connectivity index (χ4n) is 1.60. The number of alkyl halides is 2. The van der Waals surface area contributed by atoms with Crippen molar-refractivity contribution in [3.63, 3.8) is 0 Å². The lowest BCUT2D eigenvalue weighted by molar-refractivity contribution is -0.0498. The Balaban J connectivity index is 2.17. The Morgan fingerprint density at radius 3 is 2.85 bits per heavy atom. The van der Waals surface area contributed by atoms with Gasteiger partial charge in [0.15, 0.2) is 5.82 Å². The number of aryl methyl sites for hydroxylation is 1. The number of ether oxygens (including phenoxy) is 1. The lowest BCUT2D eigenvalue weighted by Crippen LogP contribution is -2.15. The normalized spacial score (nSPS) is 10.6. The number of carbonyl (C=O) groups is 1. The van der Waals surface area contributed by atoms with E-state index >= 15 is 0 Å². The highest BCUT2D eigenvalue weighted by molar-refractivity contribution is 6.05. The molecule has 0 unspecified atom stereocenters. The SMILES string of the molecule is Cn1ncc(N)c1NC(=O)c1cccc(OC(F)F)c1. The number of halogens is 2. The van der Waals surface area contributed by atoms with Crippen LogP contribution in [0, 0.1) is 0 Å². The number of anilines is 2. The van der Waals surface area contributed by atoms with Crippen LogP contribution in [0.15, 0.2) is 30.5 Å². The molecule has 2 aromatic rings.